The van der Waals surface area contributed by atoms with E-state index < -0.39 is 0 Å². The van der Waals surface area contributed by atoms with Gasteiger partial charge in [0, 0.05) is 22.7 Å². The van der Waals surface area contributed by atoms with E-state index in [4.69, 9.17) is 0 Å². The lowest BCUT2D eigenvalue weighted by Gasteiger charge is -2.17. The molecule has 4 aromatic rings. The summed E-state index contributed by atoms with van der Waals surface area (Å²) < 4.78 is 0. The zero-order chi connectivity index (χ0) is 21.5. The van der Waals surface area contributed by atoms with Gasteiger partial charge >= 0.3 is 0 Å². The molecule has 31 heavy (non-hydrogen) atoms. The Labute approximate surface area is 185 Å². The minimum atomic E-state index is 1.00. The average molecular weight is 405 g/mol. The van der Waals surface area contributed by atoms with Crippen LogP contribution in [0.5, 0.6) is 0 Å². The highest BCUT2D eigenvalue weighted by atomic mass is 14.9. The van der Waals surface area contributed by atoms with E-state index in [0.29, 0.717) is 0 Å². The Morgan fingerprint density at radius 3 is 1.26 bits per heavy atom. The fourth-order valence-corrected chi connectivity index (χ4v) is 4.59. The van der Waals surface area contributed by atoms with Crippen LogP contribution in [0, 0.1) is 27.7 Å². The lowest BCUT2D eigenvalue weighted by atomic mass is 9.94. The first kappa shape index (κ1) is 19.4. The number of aryl methyl sites for hydroxylation is 2. The third kappa shape index (κ3) is 3.59. The van der Waals surface area contributed by atoms with Crippen molar-refractivity contribution in [3.05, 3.63) is 106 Å². The van der Waals surface area contributed by atoms with Crippen LogP contribution in [-0.2, 0) is 6.42 Å². The van der Waals surface area contributed by atoms with Gasteiger partial charge in [0.2, 0.25) is 0 Å². The highest BCUT2D eigenvalue weighted by Gasteiger charge is 2.24. The van der Waals surface area contributed by atoms with Crippen molar-refractivity contribution in [3.63, 3.8) is 0 Å². The van der Waals surface area contributed by atoms with Crippen LogP contribution >= 0.6 is 0 Å². The molecular formula is C29H28N2. The standard InChI is InChI=1S/C29H28N2/c1-18-5-11-24(12-6-18)30-26-15-9-22-17-23-10-16-27(21(4)29(23)28(22)20(26)3)31-25-13-7-19(2)8-14-25/h5-16,30-31H,17H2,1-4H3. The SMILES string of the molecule is Cc1ccc(Nc2ccc3c(c2C)-c2c(ccc(Nc4ccc(C)cc4)c2C)C3)cc1. The normalized spacial score (nSPS) is 11.7. The van der Waals surface area contributed by atoms with Crippen molar-refractivity contribution in [2.45, 2.75) is 34.1 Å². The molecule has 0 unspecified atom stereocenters. The topological polar surface area (TPSA) is 24.1 Å². The summed E-state index contributed by atoms with van der Waals surface area (Å²) >= 11 is 0. The lowest BCUT2D eigenvalue weighted by molar-refractivity contribution is 1.25. The quantitative estimate of drug-likeness (QED) is 0.317. The van der Waals surface area contributed by atoms with Crippen LogP contribution in [0.2, 0.25) is 0 Å². The van der Waals surface area contributed by atoms with Crippen LogP contribution < -0.4 is 10.6 Å². The zero-order valence-electron chi connectivity index (χ0n) is 18.6. The summed E-state index contributed by atoms with van der Waals surface area (Å²) in [6, 6.07) is 26.2. The van der Waals surface area contributed by atoms with Gasteiger partial charge in [-0.15, -0.1) is 0 Å². The molecule has 0 radical (unpaired) electrons. The maximum atomic E-state index is 3.62. The number of hydrogen-bond acceptors (Lipinski definition) is 2. The lowest BCUT2D eigenvalue weighted by Crippen LogP contribution is -1.98. The fraction of sp³-hybridized carbons (Fsp3) is 0.172. The maximum Gasteiger partial charge on any atom is 0.0420 e. The first-order valence-corrected chi connectivity index (χ1v) is 10.9. The molecule has 154 valence electrons. The summed E-state index contributed by atoms with van der Waals surface area (Å²) in [4.78, 5) is 0. The summed E-state index contributed by atoms with van der Waals surface area (Å²) in [7, 11) is 0. The third-order valence-corrected chi connectivity index (χ3v) is 6.39. The molecule has 2 N–H and O–H groups in total. The van der Waals surface area contributed by atoms with Crippen molar-refractivity contribution in [2.75, 3.05) is 10.6 Å². The molecule has 0 bridgehead atoms. The van der Waals surface area contributed by atoms with E-state index in [1.165, 1.54) is 55.9 Å². The molecule has 0 saturated heterocycles. The van der Waals surface area contributed by atoms with Gasteiger partial charge in [-0.3, -0.25) is 0 Å². The van der Waals surface area contributed by atoms with Crippen molar-refractivity contribution < 1.29 is 0 Å². The molecule has 0 heterocycles. The number of anilines is 4. The van der Waals surface area contributed by atoms with Gasteiger partial charge in [0.1, 0.15) is 0 Å². The highest BCUT2D eigenvalue weighted by Crippen LogP contribution is 2.45. The number of benzene rings is 4. The van der Waals surface area contributed by atoms with Crippen molar-refractivity contribution in [2.24, 2.45) is 0 Å². The van der Waals surface area contributed by atoms with Gasteiger partial charge in [0.15, 0.2) is 0 Å². The molecule has 0 saturated carbocycles. The van der Waals surface area contributed by atoms with Gasteiger partial charge in [0.25, 0.3) is 0 Å². The van der Waals surface area contributed by atoms with E-state index >= 15 is 0 Å². The van der Waals surface area contributed by atoms with Crippen LogP contribution in [0.25, 0.3) is 11.1 Å². The molecule has 1 aliphatic carbocycles. The van der Waals surface area contributed by atoms with Crippen molar-refractivity contribution in [1.29, 1.82) is 0 Å². The largest absolute Gasteiger partial charge is 0.355 e. The van der Waals surface area contributed by atoms with Crippen LogP contribution in [0.3, 0.4) is 0 Å². The molecule has 5 rings (SSSR count). The molecule has 0 atom stereocenters. The smallest absolute Gasteiger partial charge is 0.0420 e. The van der Waals surface area contributed by atoms with Crippen molar-refractivity contribution in [1.82, 2.24) is 0 Å². The summed E-state index contributed by atoms with van der Waals surface area (Å²) in [5.74, 6) is 0. The first-order chi connectivity index (χ1) is 15.0. The van der Waals surface area contributed by atoms with Crippen LogP contribution in [0.4, 0.5) is 22.7 Å². The maximum absolute atomic E-state index is 3.62. The van der Waals surface area contributed by atoms with E-state index in [9.17, 15) is 0 Å². The van der Waals surface area contributed by atoms with E-state index in [1.807, 2.05) is 0 Å². The second-order valence-electron chi connectivity index (χ2n) is 8.70. The third-order valence-electron chi connectivity index (χ3n) is 6.39. The predicted molar refractivity (Wildman–Crippen MR) is 133 cm³/mol. The molecule has 0 amide bonds. The summed E-state index contributed by atoms with van der Waals surface area (Å²) in [5.41, 5.74) is 15.4. The molecule has 0 aromatic heterocycles. The summed E-state index contributed by atoms with van der Waals surface area (Å²) in [5, 5.41) is 7.25. The monoisotopic (exact) mass is 404 g/mol. The average Bonchev–Trinajstić information content (AvgIpc) is 3.15. The van der Waals surface area contributed by atoms with Gasteiger partial charge in [-0.05, 0) is 104 Å². The first-order valence-electron chi connectivity index (χ1n) is 10.9. The van der Waals surface area contributed by atoms with E-state index in [-0.39, 0.29) is 0 Å². The summed E-state index contributed by atoms with van der Waals surface area (Å²) in [6.45, 7) is 8.71. The van der Waals surface area contributed by atoms with E-state index in [2.05, 4.69) is 111 Å². The second kappa shape index (κ2) is 7.63. The van der Waals surface area contributed by atoms with Gasteiger partial charge in [-0.2, -0.15) is 0 Å². The Morgan fingerprint density at radius 1 is 0.484 bits per heavy atom. The Morgan fingerprint density at radius 2 is 0.871 bits per heavy atom. The van der Waals surface area contributed by atoms with Crippen LogP contribution in [-0.4, -0.2) is 0 Å². The Kier molecular flexibility index (Phi) is 4.78. The second-order valence-corrected chi connectivity index (χ2v) is 8.70. The van der Waals surface area contributed by atoms with Gasteiger partial charge < -0.3 is 10.6 Å². The van der Waals surface area contributed by atoms with E-state index in [1.54, 1.807) is 0 Å². The Balaban J connectivity index is 1.53. The molecule has 2 nitrogen and oxygen atoms in total. The molecule has 1 aliphatic rings. The number of nitrogens with one attached hydrogen (secondary N) is 2. The highest BCUT2D eigenvalue weighted by molar-refractivity contribution is 5.89. The van der Waals surface area contributed by atoms with Gasteiger partial charge in [-0.1, -0.05) is 47.5 Å². The molecule has 0 spiro atoms. The molecule has 0 fully saturated rings. The number of fused-ring (bicyclic) bond motifs is 3. The molecular weight excluding hydrogens is 376 g/mol. The predicted octanol–water partition coefficient (Wildman–Crippen LogP) is 7.98. The molecule has 0 aliphatic heterocycles. The fourth-order valence-electron chi connectivity index (χ4n) is 4.59. The van der Waals surface area contributed by atoms with Gasteiger partial charge in [0.05, 0.1) is 0 Å². The Bertz CT molecular complexity index is 1160. The zero-order valence-corrected chi connectivity index (χ0v) is 18.6. The number of rotatable bonds is 4. The minimum absolute atomic E-state index is 1.00. The number of hydrogen-bond donors (Lipinski definition) is 2. The minimum Gasteiger partial charge on any atom is -0.355 e. The summed E-state index contributed by atoms with van der Waals surface area (Å²) in [6.07, 6.45) is 1.00. The Hall–Kier alpha value is -3.52. The van der Waals surface area contributed by atoms with Crippen LogP contribution in [0.1, 0.15) is 33.4 Å². The van der Waals surface area contributed by atoms with Gasteiger partial charge in [-0.25, -0.2) is 0 Å². The molecule has 2 heteroatoms. The van der Waals surface area contributed by atoms with E-state index in [0.717, 1.165) is 17.8 Å². The van der Waals surface area contributed by atoms with Crippen LogP contribution in [0.15, 0.2) is 72.8 Å². The van der Waals surface area contributed by atoms with Crippen molar-refractivity contribution in [3.8, 4) is 11.1 Å². The molecule has 4 aromatic carbocycles. The van der Waals surface area contributed by atoms with Crippen molar-refractivity contribution >= 4 is 22.7 Å².